The second-order valence-corrected chi connectivity index (χ2v) is 5.37. The molecule has 5 heteroatoms. The van der Waals surface area contributed by atoms with Gasteiger partial charge in [0, 0.05) is 19.2 Å². The fraction of sp³-hybridized carbons (Fsp3) is 0.462. The Labute approximate surface area is 116 Å². The van der Waals surface area contributed by atoms with E-state index >= 15 is 0 Å². The van der Waals surface area contributed by atoms with Gasteiger partial charge >= 0.3 is 0 Å². The molecular formula is C13H18BrFN2O. The van der Waals surface area contributed by atoms with Gasteiger partial charge in [-0.3, -0.25) is 4.79 Å². The van der Waals surface area contributed by atoms with E-state index in [4.69, 9.17) is 0 Å². The van der Waals surface area contributed by atoms with Crippen molar-refractivity contribution in [1.29, 1.82) is 0 Å². The maximum Gasteiger partial charge on any atom is 0.253 e. The van der Waals surface area contributed by atoms with Gasteiger partial charge in [-0.05, 0) is 61.2 Å². The lowest BCUT2D eigenvalue weighted by molar-refractivity contribution is 0.0790. The molecule has 0 N–H and O–H groups in total. The molecule has 0 unspecified atom stereocenters. The van der Waals surface area contributed by atoms with Crippen LogP contribution in [0.4, 0.5) is 4.39 Å². The molecule has 0 atom stereocenters. The second kappa shape index (κ2) is 6.85. The lowest BCUT2D eigenvalue weighted by Crippen LogP contribution is -2.29. The number of nitrogens with zero attached hydrogens (tertiary/aromatic N) is 2. The highest BCUT2D eigenvalue weighted by atomic mass is 79.9. The van der Waals surface area contributed by atoms with Crippen molar-refractivity contribution >= 4 is 21.8 Å². The number of hydrogen-bond donors (Lipinski definition) is 0. The maximum absolute atomic E-state index is 13.1. The van der Waals surface area contributed by atoms with Gasteiger partial charge in [0.05, 0.1) is 4.47 Å². The summed E-state index contributed by atoms with van der Waals surface area (Å²) < 4.78 is 13.4. The first-order valence-corrected chi connectivity index (χ1v) is 6.56. The summed E-state index contributed by atoms with van der Waals surface area (Å²) in [5.41, 5.74) is 0.496. The van der Waals surface area contributed by atoms with Gasteiger partial charge in [-0.25, -0.2) is 4.39 Å². The highest BCUT2D eigenvalue weighted by Crippen LogP contribution is 2.17. The summed E-state index contributed by atoms with van der Waals surface area (Å²) in [5, 5.41) is 0. The van der Waals surface area contributed by atoms with E-state index in [1.165, 1.54) is 18.2 Å². The topological polar surface area (TPSA) is 23.6 Å². The molecule has 0 aliphatic heterocycles. The van der Waals surface area contributed by atoms with Crippen molar-refractivity contribution in [3.05, 3.63) is 34.1 Å². The van der Waals surface area contributed by atoms with Crippen LogP contribution >= 0.6 is 15.9 Å². The molecule has 1 amide bonds. The molecule has 0 aromatic heterocycles. The Hall–Kier alpha value is -0.940. The van der Waals surface area contributed by atoms with Crippen LogP contribution < -0.4 is 0 Å². The van der Waals surface area contributed by atoms with Gasteiger partial charge in [-0.2, -0.15) is 0 Å². The van der Waals surface area contributed by atoms with Gasteiger partial charge in [0.15, 0.2) is 0 Å². The van der Waals surface area contributed by atoms with Crippen LogP contribution in [0.1, 0.15) is 16.8 Å². The molecular weight excluding hydrogens is 299 g/mol. The Kier molecular flexibility index (Phi) is 5.75. The smallest absolute Gasteiger partial charge is 0.253 e. The minimum absolute atomic E-state index is 0.0885. The predicted molar refractivity (Wildman–Crippen MR) is 74.2 cm³/mol. The first kappa shape index (κ1) is 15.1. The average molecular weight is 317 g/mol. The van der Waals surface area contributed by atoms with E-state index in [1.807, 2.05) is 14.1 Å². The summed E-state index contributed by atoms with van der Waals surface area (Å²) in [6.45, 7) is 1.62. The number of benzene rings is 1. The van der Waals surface area contributed by atoms with E-state index in [2.05, 4.69) is 20.8 Å². The van der Waals surface area contributed by atoms with Gasteiger partial charge < -0.3 is 9.80 Å². The van der Waals surface area contributed by atoms with Crippen LogP contribution in [0.5, 0.6) is 0 Å². The van der Waals surface area contributed by atoms with Crippen LogP contribution in [0.25, 0.3) is 0 Å². The van der Waals surface area contributed by atoms with Gasteiger partial charge in [-0.1, -0.05) is 0 Å². The van der Waals surface area contributed by atoms with Crippen LogP contribution in [0.2, 0.25) is 0 Å². The van der Waals surface area contributed by atoms with Gasteiger partial charge in [0.2, 0.25) is 0 Å². The molecule has 0 saturated heterocycles. The van der Waals surface area contributed by atoms with Gasteiger partial charge in [0.25, 0.3) is 5.91 Å². The highest BCUT2D eigenvalue weighted by Gasteiger charge is 2.12. The Morgan fingerprint density at radius 2 is 1.94 bits per heavy atom. The molecule has 0 fully saturated rings. The van der Waals surface area contributed by atoms with Crippen LogP contribution in [-0.2, 0) is 0 Å². The standard InChI is InChI=1S/C13H18BrFN2O/c1-16(2)7-4-8-17(3)13(18)10-5-6-12(15)11(14)9-10/h5-6,9H,4,7-8H2,1-3H3. The Morgan fingerprint density at radius 3 is 2.50 bits per heavy atom. The van der Waals surface area contributed by atoms with Crippen molar-refractivity contribution < 1.29 is 9.18 Å². The molecule has 1 aromatic carbocycles. The van der Waals surface area contributed by atoms with Crippen LogP contribution in [-0.4, -0.2) is 49.9 Å². The number of carbonyl (C=O) groups is 1. The number of amides is 1. The molecule has 0 aliphatic rings. The van der Waals surface area contributed by atoms with E-state index in [1.54, 1.807) is 11.9 Å². The number of rotatable bonds is 5. The third kappa shape index (κ3) is 4.38. The molecule has 0 aliphatic carbocycles. The van der Waals surface area contributed by atoms with Crippen molar-refractivity contribution in [3.8, 4) is 0 Å². The summed E-state index contributed by atoms with van der Waals surface area (Å²) in [5.74, 6) is -0.448. The average Bonchev–Trinajstić information content (AvgIpc) is 2.31. The SMILES string of the molecule is CN(C)CCCN(C)C(=O)c1ccc(F)c(Br)c1. The molecule has 0 heterocycles. The monoisotopic (exact) mass is 316 g/mol. The first-order chi connectivity index (χ1) is 8.41. The Bertz CT molecular complexity index is 423. The summed E-state index contributed by atoms with van der Waals surface area (Å²) >= 11 is 3.08. The lowest BCUT2D eigenvalue weighted by atomic mass is 10.2. The fourth-order valence-corrected chi connectivity index (χ4v) is 1.95. The summed E-state index contributed by atoms with van der Waals surface area (Å²) in [6, 6.07) is 4.32. The lowest BCUT2D eigenvalue weighted by Gasteiger charge is -2.18. The minimum Gasteiger partial charge on any atom is -0.342 e. The van der Waals surface area contributed by atoms with Crippen molar-refractivity contribution in [2.24, 2.45) is 0 Å². The first-order valence-electron chi connectivity index (χ1n) is 5.77. The molecule has 0 spiro atoms. The normalized spacial score (nSPS) is 10.8. The maximum atomic E-state index is 13.1. The van der Waals surface area contributed by atoms with E-state index in [9.17, 15) is 9.18 Å². The number of hydrogen-bond acceptors (Lipinski definition) is 2. The molecule has 0 radical (unpaired) electrons. The van der Waals surface area contributed by atoms with E-state index in [-0.39, 0.29) is 11.7 Å². The Balaban J connectivity index is 2.60. The largest absolute Gasteiger partial charge is 0.342 e. The summed E-state index contributed by atoms with van der Waals surface area (Å²) in [4.78, 5) is 15.8. The van der Waals surface area contributed by atoms with Crippen molar-refractivity contribution in [3.63, 3.8) is 0 Å². The van der Waals surface area contributed by atoms with E-state index < -0.39 is 0 Å². The highest BCUT2D eigenvalue weighted by molar-refractivity contribution is 9.10. The predicted octanol–water partition coefficient (Wildman–Crippen LogP) is 2.61. The van der Waals surface area contributed by atoms with Crippen LogP contribution in [0.3, 0.4) is 0 Å². The van der Waals surface area contributed by atoms with Crippen molar-refractivity contribution in [2.75, 3.05) is 34.2 Å². The Morgan fingerprint density at radius 1 is 1.28 bits per heavy atom. The summed E-state index contributed by atoms with van der Waals surface area (Å²) in [7, 11) is 5.76. The molecule has 100 valence electrons. The zero-order chi connectivity index (χ0) is 13.7. The van der Waals surface area contributed by atoms with Crippen molar-refractivity contribution in [1.82, 2.24) is 9.80 Å². The molecule has 18 heavy (non-hydrogen) atoms. The van der Waals surface area contributed by atoms with Crippen molar-refractivity contribution in [2.45, 2.75) is 6.42 Å². The third-order valence-electron chi connectivity index (χ3n) is 2.61. The second-order valence-electron chi connectivity index (χ2n) is 4.51. The van der Waals surface area contributed by atoms with E-state index in [0.29, 0.717) is 16.6 Å². The van der Waals surface area contributed by atoms with Gasteiger partial charge in [0.1, 0.15) is 5.82 Å². The molecule has 0 saturated carbocycles. The molecule has 3 nitrogen and oxygen atoms in total. The third-order valence-corrected chi connectivity index (χ3v) is 3.22. The number of halogens is 2. The van der Waals surface area contributed by atoms with Gasteiger partial charge in [-0.15, -0.1) is 0 Å². The quantitative estimate of drug-likeness (QED) is 0.833. The molecule has 0 bridgehead atoms. The zero-order valence-electron chi connectivity index (χ0n) is 10.9. The van der Waals surface area contributed by atoms with Crippen LogP contribution in [0.15, 0.2) is 22.7 Å². The summed E-state index contributed by atoms with van der Waals surface area (Å²) in [6.07, 6.45) is 0.914. The zero-order valence-corrected chi connectivity index (χ0v) is 12.5. The van der Waals surface area contributed by atoms with Crippen LogP contribution in [0, 0.1) is 5.82 Å². The molecule has 1 aromatic rings. The minimum atomic E-state index is -0.359. The molecule has 1 rings (SSSR count). The fourth-order valence-electron chi connectivity index (χ4n) is 1.58. The van der Waals surface area contributed by atoms with E-state index in [0.717, 1.165) is 13.0 Å². The number of carbonyl (C=O) groups excluding carboxylic acids is 1.